The Morgan fingerprint density at radius 1 is 1.22 bits per heavy atom. The zero-order valence-corrected chi connectivity index (χ0v) is 20.0. The van der Waals surface area contributed by atoms with E-state index >= 15 is 0 Å². The highest BCUT2D eigenvalue weighted by molar-refractivity contribution is 6.32. The molecule has 5 rings (SSSR count). The molecule has 36 heavy (non-hydrogen) atoms. The lowest BCUT2D eigenvalue weighted by molar-refractivity contribution is -0.125. The number of hydrogen-bond acceptors (Lipinski definition) is 9. The van der Waals surface area contributed by atoms with E-state index in [9.17, 15) is 4.79 Å². The van der Waals surface area contributed by atoms with Crippen LogP contribution in [0.5, 0.6) is 5.75 Å². The predicted molar refractivity (Wildman–Crippen MR) is 137 cm³/mol. The first kappa shape index (κ1) is 23.4. The summed E-state index contributed by atoms with van der Waals surface area (Å²) in [5.74, 6) is 1.70. The minimum Gasteiger partial charge on any atom is -0.486 e. The number of benzene rings is 1. The number of likely N-dealkylation sites (tertiary alicyclic amines) is 1. The van der Waals surface area contributed by atoms with E-state index in [-0.39, 0.29) is 18.6 Å². The third-order valence-corrected chi connectivity index (χ3v) is 5.99. The summed E-state index contributed by atoms with van der Waals surface area (Å²) in [7, 11) is 0. The van der Waals surface area contributed by atoms with Gasteiger partial charge in [0, 0.05) is 37.2 Å². The average molecular weight is 503 g/mol. The summed E-state index contributed by atoms with van der Waals surface area (Å²) in [6, 6.07) is 9.24. The highest BCUT2D eigenvalue weighted by Gasteiger charge is 2.25. The van der Waals surface area contributed by atoms with Gasteiger partial charge in [0.05, 0.1) is 22.4 Å². The molecule has 0 spiro atoms. The fourth-order valence-corrected chi connectivity index (χ4v) is 4.15. The molecule has 10 nitrogen and oxygen atoms in total. The van der Waals surface area contributed by atoms with Gasteiger partial charge in [-0.05, 0) is 42.8 Å². The number of hydrogen-bond donors (Lipinski definition) is 2. The minimum absolute atomic E-state index is 0.0607. The molecule has 1 saturated heterocycles. The number of nitrogens with one attached hydrogen (secondary N) is 2. The van der Waals surface area contributed by atoms with Crippen LogP contribution in [0.4, 0.5) is 17.3 Å². The Hall–Kier alpha value is -4.31. The van der Waals surface area contributed by atoms with Crippen molar-refractivity contribution in [1.29, 1.82) is 0 Å². The fraction of sp³-hybridized carbons (Fsp3) is 0.200. The van der Waals surface area contributed by atoms with Crippen molar-refractivity contribution in [3.8, 4) is 5.75 Å². The Bertz CT molecular complexity index is 1400. The minimum atomic E-state index is -0.0607. The standard InChI is InChI=1S/C25H23ClN8O2/c1-2-23(35)34-10-7-17(13-34)31-22-6-4-20-24(33-22)25(30-15-29-20)32-16-3-5-21(19(26)11-16)36-14-18-12-27-8-9-28-18/h2-6,8-9,11-12,15,17H,1,7,10,13-14H2,(H,31,33)(H,29,30,32). The monoisotopic (exact) mass is 502 g/mol. The lowest BCUT2D eigenvalue weighted by atomic mass is 10.2. The van der Waals surface area contributed by atoms with Crippen molar-refractivity contribution in [2.45, 2.75) is 19.1 Å². The molecule has 1 unspecified atom stereocenters. The van der Waals surface area contributed by atoms with Crippen LogP contribution in [0, 0.1) is 0 Å². The Kier molecular flexibility index (Phi) is 6.85. The van der Waals surface area contributed by atoms with Crippen LogP contribution in [0.15, 0.2) is 67.9 Å². The zero-order chi connectivity index (χ0) is 24.9. The van der Waals surface area contributed by atoms with Crippen LogP contribution in [-0.2, 0) is 11.4 Å². The van der Waals surface area contributed by atoms with Gasteiger partial charge in [0.25, 0.3) is 0 Å². The summed E-state index contributed by atoms with van der Waals surface area (Å²) in [5, 5.41) is 7.12. The van der Waals surface area contributed by atoms with Crippen molar-refractivity contribution in [3.05, 3.63) is 78.6 Å². The van der Waals surface area contributed by atoms with Gasteiger partial charge in [-0.15, -0.1) is 0 Å². The van der Waals surface area contributed by atoms with Gasteiger partial charge in [-0.2, -0.15) is 0 Å². The number of fused-ring (bicyclic) bond motifs is 1. The predicted octanol–water partition coefficient (Wildman–Crippen LogP) is 3.99. The van der Waals surface area contributed by atoms with Crippen LogP contribution < -0.4 is 15.4 Å². The topological polar surface area (TPSA) is 118 Å². The second-order valence-corrected chi connectivity index (χ2v) is 8.57. The molecule has 182 valence electrons. The summed E-state index contributed by atoms with van der Waals surface area (Å²) in [6.45, 7) is 5.11. The number of pyridine rings is 1. The van der Waals surface area contributed by atoms with Gasteiger partial charge in [-0.3, -0.25) is 14.8 Å². The van der Waals surface area contributed by atoms with Gasteiger partial charge in [0.1, 0.15) is 30.0 Å². The van der Waals surface area contributed by atoms with Gasteiger partial charge < -0.3 is 20.3 Å². The van der Waals surface area contributed by atoms with Gasteiger partial charge >= 0.3 is 0 Å². The second kappa shape index (κ2) is 10.5. The SMILES string of the molecule is C=CC(=O)N1CCC(Nc2ccc3ncnc(Nc4ccc(OCc5cnccn5)c(Cl)c4)c3n2)C1. The number of carbonyl (C=O) groups is 1. The van der Waals surface area contributed by atoms with E-state index in [1.165, 1.54) is 12.4 Å². The molecular weight excluding hydrogens is 480 g/mol. The molecule has 1 aliphatic heterocycles. The molecule has 2 N–H and O–H groups in total. The number of amides is 1. The molecule has 0 saturated carbocycles. The number of anilines is 3. The van der Waals surface area contributed by atoms with Crippen molar-refractivity contribution < 1.29 is 9.53 Å². The summed E-state index contributed by atoms with van der Waals surface area (Å²) in [5.41, 5.74) is 2.74. The lowest BCUT2D eigenvalue weighted by Gasteiger charge is -2.16. The maximum atomic E-state index is 11.9. The van der Waals surface area contributed by atoms with Crippen LogP contribution in [0.1, 0.15) is 12.1 Å². The molecule has 4 aromatic rings. The van der Waals surface area contributed by atoms with E-state index in [1.807, 2.05) is 18.2 Å². The Morgan fingerprint density at radius 3 is 2.94 bits per heavy atom. The van der Waals surface area contributed by atoms with Crippen LogP contribution in [0.25, 0.3) is 11.0 Å². The highest BCUT2D eigenvalue weighted by atomic mass is 35.5. The van der Waals surface area contributed by atoms with E-state index in [4.69, 9.17) is 21.3 Å². The van der Waals surface area contributed by atoms with Crippen molar-refractivity contribution in [2.75, 3.05) is 23.7 Å². The second-order valence-electron chi connectivity index (χ2n) is 8.16. The van der Waals surface area contributed by atoms with Crippen LogP contribution in [0.3, 0.4) is 0 Å². The van der Waals surface area contributed by atoms with E-state index < -0.39 is 0 Å². The van der Waals surface area contributed by atoms with Crippen molar-refractivity contribution in [1.82, 2.24) is 29.8 Å². The quantitative estimate of drug-likeness (QED) is 0.345. The molecule has 1 fully saturated rings. The smallest absolute Gasteiger partial charge is 0.246 e. The Morgan fingerprint density at radius 2 is 2.14 bits per heavy atom. The summed E-state index contributed by atoms with van der Waals surface area (Å²) < 4.78 is 5.77. The summed E-state index contributed by atoms with van der Waals surface area (Å²) in [4.78, 5) is 35.3. The average Bonchev–Trinajstić information content (AvgIpc) is 3.37. The van der Waals surface area contributed by atoms with Crippen LogP contribution in [0.2, 0.25) is 5.02 Å². The lowest BCUT2D eigenvalue weighted by Crippen LogP contribution is -2.30. The number of rotatable bonds is 8. The van der Waals surface area contributed by atoms with Gasteiger partial charge in [0.2, 0.25) is 5.91 Å². The zero-order valence-electron chi connectivity index (χ0n) is 19.3. The third kappa shape index (κ3) is 5.33. The molecular formula is C25H23ClN8O2. The number of aromatic nitrogens is 5. The van der Waals surface area contributed by atoms with Crippen molar-refractivity contribution in [3.63, 3.8) is 0 Å². The number of ether oxygens (including phenoxy) is 1. The largest absolute Gasteiger partial charge is 0.486 e. The van der Waals surface area contributed by atoms with Crippen molar-refractivity contribution >= 4 is 45.9 Å². The first-order valence-electron chi connectivity index (χ1n) is 11.3. The molecule has 3 aromatic heterocycles. The third-order valence-electron chi connectivity index (χ3n) is 5.70. The van der Waals surface area contributed by atoms with E-state index in [2.05, 4.69) is 37.1 Å². The Labute approximate surface area is 212 Å². The van der Waals surface area contributed by atoms with Crippen molar-refractivity contribution in [2.24, 2.45) is 0 Å². The van der Waals surface area contributed by atoms with E-state index in [1.54, 1.807) is 35.6 Å². The number of carbonyl (C=O) groups excluding carboxylic acids is 1. The normalized spacial score (nSPS) is 15.0. The maximum Gasteiger partial charge on any atom is 0.246 e. The van der Waals surface area contributed by atoms with Gasteiger partial charge in [-0.1, -0.05) is 18.2 Å². The summed E-state index contributed by atoms with van der Waals surface area (Å²) in [6.07, 6.45) is 8.52. The molecule has 0 bridgehead atoms. The molecule has 11 heteroatoms. The summed E-state index contributed by atoms with van der Waals surface area (Å²) >= 11 is 6.45. The molecule has 0 aliphatic carbocycles. The Balaban J connectivity index is 1.30. The van der Waals surface area contributed by atoms with E-state index in [0.29, 0.717) is 52.2 Å². The van der Waals surface area contributed by atoms with E-state index in [0.717, 1.165) is 12.1 Å². The maximum absolute atomic E-state index is 11.9. The van der Waals surface area contributed by atoms with Crippen LogP contribution in [-0.4, -0.2) is 54.9 Å². The molecule has 1 aliphatic rings. The molecule has 1 atom stereocenters. The number of nitrogens with zero attached hydrogens (tertiary/aromatic N) is 6. The first-order valence-corrected chi connectivity index (χ1v) is 11.7. The van der Waals surface area contributed by atoms with Gasteiger partial charge in [0.15, 0.2) is 5.82 Å². The molecule has 0 radical (unpaired) electrons. The highest BCUT2D eigenvalue weighted by Crippen LogP contribution is 2.31. The number of halogens is 1. The first-order chi connectivity index (χ1) is 17.6. The molecule has 1 amide bonds. The molecule has 4 heterocycles. The fourth-order valence-electron chi connectivity index (χ4n) is 3.92. The molecule has 1 aromatic carbocycles. The van der Waals surface area contributed by atoms with Gasteiger partial charge in [-0.25, -0.2) is 15.0 Å². The van der Waals surface area contributed by atoms with Crippen LogP contribution >= 0.6 is 11.6 Å².